The van der Waals surface area contributed by atoms with Crippen molar-refractivity contribution in [1.82, 2.24) is 29.5 Å². The SMILES string of the molecule is COc1ccc(CNc2nc(N3CCn4ccnc4C3)cnc2C(=O)Nc2ncccn2)cc1Cl. The van der Waals surface area contributed by atoms with Crippen LogP contribution < -0.4 is 20.3 Å². The van der Waals surface area contributed by atoms with Crippen LogP contribution in [-0.4, -0.2) is 49.0 Å². The molecule has 4 aromatic rings. The van der Waals surface area contributed by atoms with Gasteiger partial charge in [0, 0.05) is 44.4 Å². The van der Waals surface area contributed by atoms with Gasteiger partial charge in [0.1, 0.15) is 17.4 Å². The van der Waals surface area contributed by atoms with Gasteiger partial charge in [0.05, 0.1) is 24.9 Å². The average molecular weight is 492 g/mol. The Morgan fingerprint density at radius 3 is 2.80 bits per heavy atom. The zero-order chi connectivity index (χ0) is 24.2. The van der Waals surface area contributed by atoms with E-state index in [1.807, 2.05) is 12.3 Å². The molecule has 1 aliphatic heterocycles. The van der Waals surface area contributed by atoms with E-state index in [1.54, 1.807) is 50.1 Å². The number of aromatic nitrogens is 6. The number of nitrogens with zero attached hydrogens (tertiary/aromatic N) is 7. The number of methoxy groups -OCH3 is 1. The van der Waals surface area contributed by atoms with Gasteiger partial charge in [-0.3, -0.25) is 10.1 Å². The molecule has 2 N–H and O–H groups in total. The van der Waals surface area contributed by atoms with Crippen LogP contribution in [0.15, 0.2) is 55.2 Å². The van der Waals surface area contributed by atoms with E-state index < -0.39 is 5.91 Å². The fourth-order valence-corrected chi connectivity index (χ4v) is 4.00. The maximum atomic E-state index is 13.0. The third kappa shape index (κ3) is 4.99. The lowest BCUT2D eigenvalue weighted by molar-refractivity contribution is 0.102. The van der Waals surface area contributed by atoms with E-state index in [2.05, 4.69) is 40.0 Å². The lowest BCUT2D eigenvalue weighted by Crippen LogP contribution is -2.34. The molecule has 1 aliphatic rings. The molecule has 0 saturated heterocycles. The highest BCUT2D eigenvalue weighted by atomic mass is 35.5. The molecular formula is C23H22ClN9O2. The summed E-state index contributed by atoms with van der Waals surface area (Å²) >= 11 is 6.27. The molecule has 4 heterocycles. The number of hydrogen-bond donors (Lipinski definition) is 2. The van der Waals surface area contributed by atoms with Gasteiger partial charge in [-0.25, -0.2) is 24.9 Å². The Hall–Kier alpha value is -4.25. The van der Waals surface area contributed by atoms with Crippen molar-refractivity contribution in [2.75, 3.05) is 29.2 Å². The van der Waals surface area contributed by atoms with Gasteiger partial charge < -0.3 is 19.5 Å². The number of amides is 1. The predicted molar refractivity (Wildman–Crippen MR) is 131 cm³/mol. The zero-order valence-corrected chi connectivity index (χ0v) is 19.6. The summed E-state index contributed by atoms with van der Waals surface area (Å²) < 4.78 is 7.33. The molecule has 0 saturated carbocycles. The van der Waals surface area contributed by atoms with Crippen LogP contribution >= 0.6 is 11.6 Å². The number of fused-ring (bicyclic) bond motifs is 1. The highest BCUT2D eigenvalue weighted by Gasteiger charge is 2.22. The van der Waals surface area contributed by atoms with Crippen LogP contribution in [-0.2, 0) is 19.6 Å². The first-order valence-electron chi connectivity index (χ1n) is 10.9. The lowest BCUT2D eigenvalue weighted by Gasteiger charge is -2.28. The zero-order valence-electron chi connectivity index (χ0n) is 18.8. The predicted octanol–water partition coefficient (Wildman–Crippen LogP) is 3.01. The Labute approximate surface area is 206 Å². The minimum Gasteiger partial charge on any atom is -0.495 e. The molecule has 1 amide bonds. The quantitative estimate of drug-likeness (QED) is 0.401. The highest BCUT2D eigenvalue weighted by molar-refractivity contribution is 6.32. The summed E-state index contributed by atoms with van der Waals surface area (Å²) in [5, 5.41) is 6.39. The van der Waals surface area contributed by atoms with Crippen LogP contribution in [0.25, 0.3) is 0 Å². The minimum atomic E-state index is -0.472. The normalized spacial score (nSPS) is 12.7. The molecule has 12 heteroatoms. The van der Waals surface area contributed by atoms with Gasteiger partial charge in [0.2, 0.25) is 5.95 Å². The van der Waals surface area contributed by atoms with E-state index in [0.29, 0.717) is 35.5 Å². The Morgan fingerprint density at radius 2 is 2.00 bits per heavy atom. The van der Waals surface area contributed by atoms with E-state index in [1.165, 1.54) is 0 Å². The summed E-state index contributed by atoms with van der Waals surface area (Å²) in [7, 11) is 1.56. The molecule has 1 aromatic carbocycles. The summed E-state index contributed by atoms with van der Waals surface area (Å²) in [5.74, 6) is 2.21. The first-order chi connectivity index (χ1) is 17.1. The van der Waals surface area contributed by atoms with Crippen molar-refractivity contribution in [2.24, 2.45) is 0 Å². The molecule has 0 aliphatic carbocycles. The van der Waals surface area contributed by atoms with Crippen LogP contribution in [0.2, 0.25) is 5.02 Å². The van der Waals surface area contributed by atoms with E-state index >= 15 is 0 Å². The summed E-state index contributed by atoms with van der Waals surface area (Å²) in [5.41, 5.74) is 1.01. The fourth-order valence-electron chi connectivity index (χ4n) is 3.72. The molecule has 0 fully saturated rings. The van der Waals surface area contributed by atoms with Gasteiger partial charge in [0.25, 0.3) is 5.91 Å². The molecule has 0 spiro atoms. The minimum absolute atomic E-state index is 0.124. The molecule has 11 nitrogen and oxygen atoms in total. The van der Waals surface area contributed by atoms with E-state index in [0.717, 1.165) is 24.5 Å². The number of halogens is 1. The topological polar surface area (TPSA) is 123 Å². The summed E-state index contributed by atoms with van der Waals surface area (Å²) in [6, 6.07) is 7.14. The lowest BCUT2D eigenvalue weighted by atomic mass is 10.2. The van der Waals surface area contributed by atoms with E-state index in [-0.39, 0.29) is 11.6 Å². The summed E-state index contributed by atoms with van der Waals surface area (Å²) in [6.45, 7) is 2.50. The van der Waals surface area contributed by atoms with Gasteiger partial charge in [-0.1, -0.05) is 17.7 Å². The summed E-state index contributed by atoms with van der Waals surface area (Å²) in [4.78, 5) is 36.8. The maximum absolute atomic E-state index is 13.0. The number of nitrogens with one attached hydrogen (secondary N) is 2. The number of hydrogen-bond acceptors (Lipinski definition) is 9. The second kappa shape index (κ2) is 9.94. The van der Waals surface area contributed by atoms with Gasteiger partial charge in [-0.15, -0.1) is 0 Å². The first kappa shape index (κ1) is 22.5. The fraction of sp³-hybridized carbons (Fsp3) is 0.217. The smallest absolute Gasteiger partial charge is 0.280 e. The molecule has 0 atom stereocenters. The Kier molecular flexibility index (Phi) is 6.40. The van der Waals surface area contributed by atoms with Crippen molar-refractivity contribution in [3.63, 3.8) is 0 Å². The van der Waals surface area contributed by atoms with Gasteiger partial charge in [0.15, 0.2) is 11.5 Å². The number of benzene rings is 1. The van der Waals surface area contributed by atoms with Crippen molar-refractivity contribution in [3.8, 4) is 5.75 Å². The molecule has 5 rings (SSSR count). The second-order valence-electron chi connectivity index (χ2n) is 7.73. The number of rotatable bonds is 7. The number of carbonyl (C=O) groups excluding carboxylic acids is 1. The van der Waals surface area contributed by atoms with Gasteiger partial charge >= 0.3 is 0 Å². The first-order valence-corrected chi connectivity index (χ1v) is 11.2. The monoisotopic (exact) mass is 491 g/mol. The molecule has 178 valence electrons. The van der Waals surface area contributed by atoms with Gasteiger partial charge in [-0.2, -0.15) is 0 Å². The largest absolute Gasteiger partial charge is 0.495 e. The molecule has 0 radical (unpaired) electrons. The summed E-state index contributed by atoms with van der Waals surface area (Å²) in [6.07, 6.45) is 8.43. The third-order valence-corrected chi connectivity index (χ3v) is 5.81. The van der Waals surface area contributed by atoms with Gasteiger partial charge in [-0.05, 0) is 23.8 Å². The second-order valence-corrected chi connectivity index (χ2v) is 8.14. The third-order valence-electron chi connectivity index (χ3n) is 5.51. The van der Waals surface area contributed by atoms with E-state index in [4.69, 9.17) is 21.3 Å². The van der Waals surface area contributed by atoms with Crippen LogP contribution in [0.3, 0.4) is 0 Å². The molecule has 3 aromatic heterocycles. The Morgan fingerprint density at radius 1 is 1.14 bits per heavy atom. The Balaban J connectivity index is 1.41. The van der Waals surface area contributed by atoms with Crippen LogP contribution in [0.1, 0.15) is 21.9 Å². The van der Waals surface area contributed by atoms with Crippen molar-refractivity contribution >= 4 is 35.1 Å². The number of anilines is 3. The molecular weight excluding hydrogens is 470 g/mol. The standard InChI is InChI=1S/C23H22ClN9O2/c1-35-17-4-3-15(11-16(17)24)12-29-21-20(22(34)31-23-26-5-2-6-27-23)28-13-18(30-21)33-10-9-32-8-7-25-19(32)14-33/h2-8,11,13H,9-10,12,14H2,1H3,(H,29,30)(H,26,27,31,34). The Bertz CT molecular complexity index is 1350. The van der Waals surface area contributed by atoms with Crippen LogP contribution in [0.4, 0.5) is 17.6 Å². The van der Waals surface area contributed by atoms with E-state index in [9.17, 15) is 4.79 Å². The average Bonchev–Trinajstić information content (AvgIpc) is 3.36. The van der Waals surface area contributed by atoms with Crippen molar-refractivity contribution in [1.29, 1.82) is 0 Å². The number of carbonyl (C=O) groups is 1. The highest BCUT2D eigenvalue weighted by Crippen LogP contribution is 2.26. The van der Waals surface area contributed by atoms with Crippen molar-refractivity contribution in [2.45, 2.75) is 19.6 Å². The maximum Gasteiger partial charge on any atom is 0.280 e. The molecule has 35 heavy (non-hydrogen) atoms. The van der Waals surface area contributed by atoms with Crippen molar-refractivity contribution in [3.05, 3.63) is 77.4 Å². The van der Waals surface area contributed by atoms with Crippen LogP contribution in [0.5, 0.6) is 5.75 Å². The van der Waals surface area contributed by atoms with Crippen LogP contribution in [0, 0.1) is 0 Å². The number of ether oxygens (including phenoxy) is 1. The molecule has 0 bridgehead atoms. The molecule has 0 unspecified atom stereocenters. The van der Waals surface area contributed by atoms with Crippen molar-refractivity contribution < 1.29 is 9.53 Å². The number of imidazole rings is 1.